The van der Waals surface area contributed by atoms with Crippen LogP contribution in [0.2, 0.25) is 0 Å². The maximum absolute atomic E-state index is 3.02. The number of rotatable bonds is 11. The zero-order chi connectivity index (χ0) is 42.7. The van der Waals surface area contributed by atoms with Crippen molar-refractivity contribution in [2.75, 3.05) is 9.80 Å². The molecule has 1 aliphatic carbocycles. The summed E-state index contributed by atoms with van der Waals surface area (Å²) < 4.78 is 2.41. The van der Waals surface area contributed by atoms with E-state index in [1.54, 1.807) is 0 Å². The monoisotopic (exact) mass is 837 g/mol. The van der Waals surface area contributed by atoms with Crippen molar-refractivity contribution in [1.82, 2.24) is 4.57 Å². The van der Waals surface area contributed by atoms with Crippen molar-refractivity contribution in [2.24, 2.45) is 0 Å². The van der Waals surface area contributed by atoms with Crippen LogP contribution >= 0.6 is 0 Å². The Morgan fingerprint density at radius 2 is 0.812 bits per heavy atom. The number of para-hydroxylation sites is 4. The predicted octanol–water partition coefficient (Wildman–Crippen LogP) is 13.0. The third kappa shape index (κ3) is 6.95. The molecule has 0 fully saturated rings. The van der Waals surface area contributed by atoms with Crippen LogP contribution in [0.5, 0.6) is 0 Å². The number of aromatic nitrogens is 1. The summed E-state index contributed by atoms with van der Waals surface area (Å²) in [6, 6.07) is 89.3. The van der Waals surface area contributed by atoms with Crippen LogP contribution in [0, 0.1) is 0 Å². The van der Waals surface area contributed by atoms with Crippen molar-refractivity contribution < 1.29 is 0 Å². The van der Waals surface area contributed by atoms with Gasteiger partial charge in [-0.25, -0.2) is 0 Å². The van der Waals surface area contributed by atoms with Crippen LogP contribution in [0.3, 0.4) is 0 Å². The van der Waals surface area contributed by atoms with Gasteiger partial charge in [-0.05, 0) is 119 Å². The van der Waals surface area contributed by atoms with E-state index in [1.165, 1.54) is 48.2 Å². The van der Waals surface area contributed by atoms with Gasteiger partial charge in [-0.1, -0.05) is 176 Å². The van der Waals surface area contributed by atoms with Gasteiger partial charge in [0.05, 0.1) is 11.0 Å². The van der Waals surface area contributed by atoms with Gasteiger partial charge in [0.1, 0.15) is 0 Å². The maximum atomic E-state index is 2.49. The molecule has 0 atom stereocenters. The largest absolute Gasteiger partial charge is 0.311 e. The second-order valence-corrected chi connectivity index (χ2v) is 20.2. The van der Waals surface area contributed by atoms with Crippen LogP contribution in [-0.2, 0) is 0 Å². The lowest BCUT2D eigenvalue weighted by Gasteiger charge is -2.36. The highest BCUT2D eigenvalue weighted by Gasteiger charge is 2.42. The fourth-order valence-corrected chi connectivity index (χ4v) is 14.7. The van der Waals surface area contributed by atoms with E-state index in [0.29, 0.717) is 0 Å². The molecule has 0 saturated heterocycles. The number of fused-ring (bicyclic) bond motifs is 3. The second kappa shape index (κ2) is 17.1. The van der Waals surface area contributed by atoms with Gasteiger partial charge in [-0.2, -0.15) is 0 Å². The zero-order valence-corrected chi connectivity index (χ0v) is 36.6. The van der Waals surface area contributed by atoms with E-state index >= 15 is 0 Å². The van der Waals surface area contributed by atoms with Crippen LogP contribution in [0.25, 0.3) is 27.5 Å². The van der Waals surface area contributed by atoms with Crippen LogP contribution in [-0.4, -0.2) is 12.6 Å². The third-order valence-electron chi connectivity index (χ3n) is 12.7. The summed E-state index contributed by atoms with van der Waals surface area (Å²) in [5, 5.41) is 7.78. The highest BCUT2D eigenvalue weighted by molar-refractivity contribution is 7.20. The summed E-state index contributed by atoms with van der Waals surface area (Å²) in [7, 11) is -3.02. The molecule has 1 heterocycles. The highest BCUT2D eigenvalue weighted by Crippen LogP contribution is 2.39. The summed E-state index contributed by atoms with van der Waals surface area (Å²) >= 11 is 0. The predicted molar refractivity (Wildman–Crippen MR) is 274 cm³/mol. The van der Waals surface area contributed by atoms with Crippen LogP contribution < -0.4 is 30.5 Å². The molecule has 11 rings (SSSR count). The van der Waals surface area contributed by atoms with Gasteiger partial charge < -0.3 is 14.4 Å². The van der Waals surface area contributed by atoms with E-state index in [1.807, 2.05) is 0 Å². The minimum absolute atomic E-state index is 0.993. The molecular formula is C60H47N3Si. The van der Waals surface area contributed by atoms with E-state index in [2.05, 4.69) is 275 Å². The van der Waals surface area contributed by atoms with Gasteiger partial charge in [0.25, 0.3) is 0 Å². The normalized spacial score (nSPS) is 12.6. The Morgan fingerprint density at radius 3 is 1.39 bits per heavy atom. The van der Waals surface area contributed by atoms with Gasteiger partial charge in [0.2, 0.25) is 0 Å². The molecule has 1 aromatic heterocycles. The Kier molecular flexibility index (Phi) is 10.4. The number of hydrogen-bond acceptors (Lipinski definition) is 2. The molecule has 0 saturated carbocycles. The molecule has 0 N–H and O–H groups in total. The molecule has 0 spiro atoms. The van der Waals surface area contributed by atoms with Gasteiger partial charge in [-0.3, -0.25) is 0 Å². The van der Waals surface area contributed by atoms with Gasteiger partial charge in [0.15, 0.2) is 8.07 Å². The molecule has 9 aromatic carbocycles. The zero-order valence-electron chi connectivity index (χ0n) is 35.6. The average molecular weight is 838 g/mol. The SMILES string of the molecule is C1=CC(N(c2cccc([Si](c3ccccc3)(c3ccccc3)c3cccc(N(c4ccccc4)c4ccccc4)c3)c2)c2ccc3c4ccccc4n(-c4ccccc4)c3c2)=CCC1. The van der Waals surface area contributed by atoms with E-state index in [-0.39, 0.29) is 0 Å². The second-order valence-electron chi connectivity index (χ2n) is 16.4. The first-order valence-electron chi connectivity index (χ1n) is 22.3. The lowest BCUT2D eigenvalue weighted by molar-refractivity contribution is 0.997. The van der Waals surface area contributed by atoms with Crippen LogP contribution in [0.15, 0.2) is 267 Å². The number of benzene rings is 9. The van der Waals surface area contributed by atoms with Gasteiger partial charge in [-0.15, -0.1) is 0 Å². The van der Waals surface area contributed by atoms with E-state index < -0.39 is 8.07 Å². The van der Waals surface area contributed by atoms with E-state index in [0.717, 1.165) is 47.0 Å². The molecule has 0 unspecified atom stereocenters. The van der Waals surface area contributed by atoms with Crippen molar-refractivity contribution in [2.45, 2.75) is 12.8 Å². The first-order chi connectivity index (χ1) is 31.8. The topological polar surface area (TPSA) is 11.4 Å². The van der Waals surface area contributed by atoms with Crippen LogP contribution in [0.1, 0.15) is 12.8 Å². The smallest absolute Gasteiger partial charge is 0.179 e. The molecule has 4 heteroatoms. The third-order valence-corrected chi connectivity index (χ3v) is 17.4. The van der Waals surface area contributed by atoms with Crippen molar-refractivity contribution in [1.29, 1.82) is 0 Å². The highest BCUT2D eigenvalue weighted by atomic mass is 28.3. The molecule has 3 nitrogen and oxygen atoms in total. The Morgan fingerprint density at radius 1 is 0.344 bits per heavy atom. The van der Waals surface area contributed by atoms with Crippen molar-refractivity contribution in [3.8, 4) is 5.69 Å². The fraction of sp³-hybridized carbons (Fsp3) is 0.0333. The lowest BCUT2D eigenvalue weighted by atomic mass is 10.1. The Hall–Kier alpha value is -7.92. The Labute approximate surface area is 376 Å². The average Bonchev–Trinajstić information content (AvgIpc) is 3.70. The molecule has 0 bridgehead atoms. The number of hydrogen-bond donors (Lipinski definition) is 0. The van der Waals surface area contributed by atoms with Crippen molar-refractivity contribution in [3.05, 3.63) is 267 Å². The quantitative estimate of drug-likeness (QED) is 0.0950. The number of anilines is 5. The van der Waals surface area contributed by atoms with Crippen molar-refractivity contribution in [3.63, 3.8) is 0 Å². The first kappa shape index (κ1) is 39.0. The lowest BCUT2D eigenvalue weighted by Crippen LogP contribution is -2.74. The molecule has 306 valence electrons. The van der Waals surface area contributed by atoms with Gasteiger partial charge >= 0.3 is 0 Å². The minimum Gasteiger partial charge on any atom is -0.311 e. The fourth-order valence-electron chi connectivity index (χ4n) is 9.90. The molecule has 64 heavy (non-hydrogen) atoms. The maximum Gasteiger partial charge on any atom is 0.179 e. The molecule has 0 aliphatic heterocycles. The standard InChI is InChI=1S/C60H47N3Si/c1-7-23-46(24-8-1)61(47-25-9-2-10-26-47)50-31-21-37-55(43-50)64(53-33-15-5-16-34-53,54-35-17-6-18-36-54)56-38-22-32-51(44-56)62(48-27-11-3-12-28-48)52-41-42-58-57-39-19-20-40-59(57)63(60(58)45-52)49-29-13-4-14-30-49/h1-2,4-11,13-45H,3,12H2. The molecule has 0 amide bonds. The van der Waals surface area contributed by atoms with Gasteiger partial charge in [0, 0.05) is 50.6 Å². The van der Waals surface area contributed by atoms with E-state index in [4.69, 9.17) is 0 Å². The minimum atomic E-state index is -3.02. The molecule has 1 aliphatic rings. The Balaban J connectivity index is 1.15. The summed E-state index contributed by atoms with van der Waals surface area (Å²) in [5.41, 5.74) is 10.3. The van der Waals surface area contributed by atoms with Crippen molar-refractivity contribution >= 4 is 79.1 Å². The summed E-state index contributed by atoms with van der Waals surface area (Å²) in [6.45, 7) is 0. The summed E-state index contributed by atoms with van der Waals surface area (Å²) in [4.78, 5) is 4.85. The van der Waals surface area contributed by atoms with E-state index in [9.17, 15) is 0 Å². The molecule has 0 radical (unpaired) electrons. The Bertz CT molecular complexity index is 3190. The van der Waals surface area contributed by atoms with Crippen LogP contribution in [0.4, 0.5) is 28.4 Å². The number of nitrogens with zero attached hydrogens (tertiary/aromatic N) is 3. The molecule has 10 aromatic rings. The summed E-state index contributed by atoms with van der Waals surface area (Å²) in [6.07, 6.45) is 9.05. The number of allylic oxidation sites excluding steroid dienone is 3. The molecular weight excluding hydrogens is 791 g/mol. The summed E-state index contributed by atoms with van der Waals surface area (Å²) in [5.74, 6) is 0. The first-order valence-corrected chi connectivity index (χ1v) is 24.3.